The Balaban J connectivity index is 0.00000264. The van der Waals surface area contributed by atoms with Gasteiger partial charge in [0.25, 0.3) is 0 Å². The Morgan fingerprint density at radius 2 is 1.00 bits per heavy atom. The molecule has 2 aliphatic rings. The van der Waals surface area contributed by atoms with E-state index in [4.69, 9.17) is 9.97 Å². The first-order chi connectivity index (χ1) is 20.0. The zero-order valence-corrected chi connectivity index (χ0v) is 31.1. The van der Waals surface area contributed by atoms with E-state index >= 15 is 0 Å². The summed E-state index contributed by atoms with van der Waals surface area (Å²) in [5.41, 5.74) is 14.9. The molecule has 0 unspecified atom stereocenters. The van der Waals surface area contributed by atoms with Gasteiger partial charge in [-0.05, 0) is 135 Å². The molecule has 44 heavy (non-hydrogen) atoms. The summed E-state index contributed by atoms with van der Waals surface area (Å²) in [5, 5.41) is 22.8. The van der Waals surface area contributed by atoms with Gasteiger partial charge in [-0.1, -0.05) is 13.8 Å². The summed E-state index contributed by atoms with van der Waals surface area (Å²) in [5.74, 6) is -2.25. The Kier molecular flexibility index (Phi) is 12.1. The zero-order valence-electron chi connectivity index (χ0n) is 27.1. The van der Waals surface area contributed by atoms with Crippen LogP contribution in [-0.4, -0.2) is 31.9 Å². The maximum atomic E-state index is 11.4. The molecule has 0 aliphatic carbocycles. The molecule has 3 aromatic heterocycles. The first-order valence-corrected chi connectivity index (χ1v) is 14.6. The van der Waals surface area contributed by atoms with Crippen molar-refractivity contribution in [3.05, 3.63) is 69.3 Å². The number of aromatic nitrogens is 4. The van der Waals surface area contributed by atoms with Crippen LogP contribution in [0.1, 0.15) is 98.4 Å². The van der Waals surface area contributed by atoms with Gasteiger partial charge in [0.15, 0.2) is 0 Å². The van der Waals surface area contributed by atoms with Crippen LogP contribution in [-0.2, 0) is 22.4 Å². The second-order valence-electron chi connectivity index (χ2n) is 11.1. The quantitative estimate of drug-likeness (QED) is 0.314. The maximum Gasteiger partial charge on any atom is 1.00 e. The monoisotopic (exact) mass is 610 g/mol. The van der Waals surface area contributed by atoms with E-state index in [1.54, 1.807) is 0 Å². The molecule has 0 atom stereocenters. The standard InChI is InChI=1S/C34H38N4O4.2Na/c1-7-21-17(3)25-13-26-19(5)23(9-11-33(39)40)31(37-26)16-32-24(10-12-34(41)42)20(6)28(38-32)15-30-22(8-2)18(4)27(36-30)14-29(21)35-25;;/h13-16,35-36H,7-12H2,1-6H3,(H,39,40)(H,41,42);;/q;2*+1/p-2. The van der Waals surface area contributed by atoms with Gasteiger partial charge in [-0.25, -0.2) is 9.97 Å². The Morgan fingerprint density at radius 3 is 1.41 bits per heavy atom. The van der Waals surface area contributed by atoms with E-state index in [2.05, 4.69) is 43.7 Å². The first kappa shape index (κ1) is 36.0. The van der Waals surface area contributed by atoms with Crippen molar-refractivity contribution in [2.24, 2.45) is 0 Å². The number of aromatic amines is 2. The SMILES string of the molecule is CCc1c(C)c2cc3[nH]c(cc4nc(cc5nc(cc1[nH]2)C(C)=C5CCC(=O)[O-])C(CCC(=O)[O-])=C4C)c(C)c3CC.[Na+].[Na+]. The summed E-state index contributed by atoms with van der Waals surface area (Å²) in [4.78, 5) is 40.0. The minimum absolute atomic E-state index is 0. The third-order valence-corrected chi connectivity index (χ3v) is 8.67. The number of fused-ring (bicyclic) bond motifs is 8. The van der Waals surface area contributed by atoms with E-state index in [0.29, 0.717) is 11.4 Å². The largest absolute Gasteiger partial charge is 1.00 e. The van der Waals surface area contributed by atoms with Gasteiger partial charge in [0.1, 0.15) is 0 Å². The van der Waals surface area contributed by atoms with Gasteiger partial charge in [0, 0.05) is 34.0 Å². The van der Waals surface area contributed by atoms with Crippen LogP contribution in [0.3, 0.4) is 0 Å². The third kappa shape index (κ3) is 7.01. The third-order valence-electron chi connectivity index (χ3n) is 8.67. The van der Waals surface area contributed by atoms with Gasteiger partial charge < -0.3 is 29.8 Å². The van der Waals surface area contributed by atoms with Crippen molar-refractivity contribution in [3.8, 4) is 0 Å². The number of carboxylic acid groups (broad SMARTS) is 2. The minimum Gasteiger partial charge on any atom is -0.550 e. The number of nitrogens with one attached hydrogen (secondary N) is 2. The van der Waals surface area contributed by atoms with Crippen LogP contribution in [0.5, 0.6) is 0 Å². The van der Waals surface area contributed by atoms with Crippen LogP contribution >= 0.6 is 0 Å². The van der Waals surface area contributed by atoms with Crippen LogP contribution in [0.25, 0.3) is 44.4 Å². The molecular weight excluding hydrogens is 574 g/mol. The van der Waals surface area contributed by atoms with Crippen LogP contribution < -0.4 is 69.3 Å². The van der Waals surface area contributed by atoms with Crippen molar-refractivity contribution in [3.63, 3.8) is 0 Å². The molecule has 2 aliphatic heterocycles. The molecule has 0 saturated heterocycles. The average molecular weight is 611 g/mol. The summed E-state index contributed by atoms with van der Waals surface area (Å²) in [6.07, 6.45) is 1.96. The first-order valence-electron chi connectivity index (χ1n) is 14.6. The van der Waals surface area contributed by atoms with Gasteiger partial charge >= 0.3 is 59.1 Å². The van der Waals surface area contributed by atoms with Crippen molar-refractivity contribution < 1.29 is 78.9 Å². The van der Waals surface area contributed by atoms with Gasteiger partial charge in [-0.3, -0.25) is 0 Å². The van der Waals surface area contributed by atoms with Gasteiger partial charge in [0.05, 0.1) is 22.8 Å². The van der Waals surface area contributed by atoms with Gasteiger partial charge in [-0.15, -0.1) is 0 Å². The fraction of sp³-hybridized carbons (Fsp3) is 0.353. The predicted octanol–water partition coefficient (Wildman–Crippen LogP) is -1.01. The number of nitrogens with zero attached hydrogens (tertiary/aromatic N) is 2. The summed E-state index contributed by atoms with van der Waals surface area (Å²) >= 11 is 0. The molecule has 8 bridgehead atoms. The number of carbonyl (C=O) groups excluding carboxylic acids is 2. The van der Waals surface area contributed by atoms with E-state index in [1.165, 1.54) is 16.7 Å². The number of carboxylic acids is 2. The topological polar surface area (TPSA) is 138 Å². The van der Waals surface area contributed by atoms with Gasteiger partial charge in [0.2, 0.25) is 0 Å². The normalized spacial score (nSPS) is 12.7. The molecule has 0 amide bonds. The molecule has 2 N–H and O–H groups in total. The minimum atomic E-state index is -1.13. The number of hydrogen-bond donors (Lipinski definition) is 2. The molecule has 3 aromatic rings. The molecule has 0 spiro atoms. The zero-order chi connectivity index (χ0) is 30.3. The Bertz CT molecular complexity index is 1860. The molecule has 5 heterocycles. The summed E-state index contributed by atoms with van der Waals surface area (Å²) in [6.45, 7) is 12.4. The van der Waals surface area contributed by atoms with Crippen molar-refractivity contribution in [1.82, 2.24) is 19.9 Å². The van der Waals surface area contributed by atoms with Crippen LogP contribution in [0, 0.1) is 13.8 Å². The van der Waals surface area contributed by atoms with E-state index in [0.717, 1.165) is 74.2 Å². The van der Waals surface area contributed by atoms with Crippen LogP contribution in [0.2, 0.25) is 0 Å². The number of aryl methyl sites for hydroxylation is 4. The van der Waals surface area contributed by atoms with E-state index in [9.17, 15) is 19.8 Å². The predicted molar refractivity (Wildman–Crippen MR) is 163 cm³/mol. The number of H-pyrrole nitrogens is 2. The smallest absolute Gasteiger partial charge is 0.550 e. The fourth-order valence-electron chi connectivity index (χ4n) is 6.21. The van der Waals surface area contributed by atoms with E-state index in [1.807, 2.05) is 32.0 Å². The molecule has 0 saturated carbocycles. The maximum absolute atomic E-state index is 11.4. The summed E-state index contributed by atoms with van der Waals surface area (Å²) < 4.78 is 0. The number of hydrogen-bond acceptors (Lipinski definition) is 6. The number of carbonyl (C=O) groups is 2. The van der Waals surface area contributed by atoms with E-state index < -0.39 is 11.9 Å². The average Bonchev–Trinajstić information content (AvgIpc) is 3.59. The molecule has 0 radical (unpaired) electrons. The van der Waals surface area contributed by atoms with Crippen molar-refractivity contribution in [2.45, 2.75) is 80.1 Å². The van der Waals surface area contributed by atoms with Crippen LogP contribution in [0.4, 0.5) is 0 Å². The van der Waals surface area contributed by atoms with E-state index in [-0.39, 0.29) is 84.8 Å². The summed E-state index contributed by atoms with van der Waals surface area (Å²) in [6, 6.07) is 8.09. The molecule has 10 heteroatoms. The fourth-order valence-corrected chi connectivity index (χ4v) is 6.21. The van der Waals surface area contributed by atoms with Crippen molar-refractivity contribution >= 4 is 56.3 Å². The molecule has 0 aromatic carbocycles. The second-order valence-corrected chi connectivity index (χ2v) is 11.1. The second kappa shape index (κ2) is 14.8. The molecular formula is C34H36N4Na2O4. The molecule has 218 valence electrons. The molecule has 0 fully saturated rings. The van der Waals surface area contributed by atoms with Gasteiger partial charge in [-0.2, -0.15) is 0 Å². The Labute approximate surface area is 302 Å². The Hall–Kier alpha value is -2.46. The molecule has 8 nitrogen and oxygen atoms in total. The number of rotatable bonds is 8. The number of aliphatic carboxylic acids is 2. The van der Waals surface area contributed by atoms with Crippen molar-refractivity contribution in [1.29, 1.82) is 0 Å². The number of allylic oxidation sites excluding steroid dienone is 4. The van der Waals surface area contributed by atoms with Crippen molar-refractivity contribution in [2.75, 3.05) is 0 Å². The molecule has 5 rings (SSSR count). The Morgan fingerprint density at radius 1 is 0.614 bits per heavy atom. The van der Waals surface area contributed by atoms with Crippen LogP contribution in [0.15, 0.2) is 24.3 Å². The summed E-state index contributed by atoms with van der Waals surface area (Å²) in [7, 11) is 0.